The predicted molar refractivity (Wildman–Crippen MR) is 164 cm³/mol. The van der Waals surface area contributed by atoms with Gasteiger partial charge in [-0.2, -0.15) is 0 Å². The van der Waals surface area contributed by atoms with Gasteiger partial charge in [0.05, 0.1) is 5.41 Å². The van der Waals surface area contributed by atoms with E-state index in [1.165, 1.54) is 66.8 Å². The van der Waals surface area contributed by atoms with Gasteiger partial charge in [0, 0.05) is 11.1 Å². The Balaban J connectivity index is 1.48. The highest BCUT2D eigenvalue weighted by Gasteiger charge is 2.51. The number of para-hydroxylation sites is 2. The number of fused-ring (bicyclic) bond motifs is 9. The van der Waals surface area contributed by atoms with E-state index in [0.717, 1.165) is 11.5 Å². The lowest BCUT2D eigenvalue weighted by Gasteiger charge is -2.39. The van der Waals surface area contributed by atoms with E-state index in [2.05, 4.69) is 147 Å². The molecular weight excluding hydrogens is 484 g/mol. The Morgan fingerprint density at radius 3 is 1.25 bits per heavy atom. The standard InChI is InChI=1S/C39H28O/c1-25-11-15-27(16-12-25)29-19-21-31-32-22-20-30(28-17-13-26(2)14-18-28)24-36(32)39(35(31)23-29)33-7-3-5-9-37(33)40-38-10-6-4-8-34(38)39/h3-24H,1-2H3. The topological polar surface area (TPSA) is 9.23 Å². The minimum absolute atomic E-state index is 0.489. The second kappa shape index (κ2) is 8.56. The summed E-state index contributed by atoms with van der Waals surface area (Å²) in [5.74, 6) is 1.84. The summed E-state index contributed by atoms with van der Waals surface area (Å²) in [6, 6.07) is 48.9. The molecule has 40 heavy (non-hydrogen) atoms. The maximum atomic E-state index is 6.55. The second-order valence-electron chi connectivity index (χ2n) is 11.1. The molecule has 0 aromatic heterocycles. The van der Waals surface area contributed by atoms with Crippen LogP contribution in [0.25, 0.3) is 33.4 Å². The molecule has 190 valence electrons. The van der Waals surface area contributed by atoms with Crippen LogP contribution in [0.1, 0.15) is 33.4 Å². The van der Waals surface area contributed by atoms with Crippen LogP contribution in [-0.4, -0.2) is 0 Å². The van der Waals surface area contributed by atoms with Crippen LogP contribution in [0, 0.1) is 13.8 Å². The van der Waals surface area contributed by atoms with Gasteiger partial charge in [-0.3, -0.25) is 0 Å². The molecule has 0 amide bonds. The third-order valence-corrected chi connectivity index (χ3v) is 8.71. The van der Waals surface area contributed by atoms with Crippen LogP contribution in [0.3, 0.4) is 0 Å². The summed E-state index contributed by atoms with van der Waals surface area (Å²) in [5.41, 5.74) is 14.5. The van der Waals surface area contributed by atoms with Crippen LogP contribution in [0.15, 0.2) is 133 Å². The zero-order valence-corrected chi connectivity index (χ0v) is 22.6. The van der Waals surface area contributed by atoms with Crippen molar-refractivity contribution in [3.63, 3.8) is 0 Å². The van der Waals surface area contributed by atoms with Crippen LogP contribution in [0.4, 0.5) is 0 Å². The molecule has 2 aliphatic rings. The number of hydrogen-bond donors (Lipinski definition) is 0. The van der Waals surface area contributed by atoms with Gasteiger partial charge in [0.15, 0.2) is 0 Å². The van der Waals surface area contributed by atoms with Gasteiger partial charge >= 0.3 is 0 Å². The quantitative estimate of drug-likeness (QED) is 0.224. The maximum Gasteiger partial charge on any atom is 0.132 e. The Hall–Kier alpha value is -4.88. The van der Waals surface area contributed by atoms with Crippen LogP contribution in [0.2, 0.25) is 0 Å². The molecule has 1 heterocycles. The highest BCUT2D eigenvalue weighted by Crippen LogP contribution is 2.62. The van der Waals surface area contributed by atoms with Crippen molar-refractivity contribution >= 4 is 0 Å². The largest absolute Gasteiger partial charge is 0.457 e. The first-order valence-corrected chi connectivity index (χ1v) is 13.9. The minimum Gasteiger partial charge on any atom is -0.457 e. The molecule has 6 aromatic carbocycles. The molecule has 0 N–H and O–H groups in total. The van der Waals surface area contributed by atoms with Crippen molar-refractivity contribution in [1.82, 2.24) is 0 Å². The zero-order chi connectivity index (χ0) is 26.8. The first-order valence-electron chi connectivity index (χ1n) is 13.9. The van der Waals surface area contributed by atoms with Crippen molar-refractivity contribution in [2.75, 3.05) is 0 Å². The van der Waals surface area contributed by atoms with E-state index in [9.17, 15) is 0 Å². The second-order valence-corrected chi connectivity index (χ2v) is 11.1. The first-order chi connectivity index (χ1) is 19.6. The van der Waals surface area contributed by atoms with E-state index in [0.29, 0.717) is 0 Å². The van der Waals surface area contributed by atoms with Gasteiger partial charge in [-0.05, 0) is 82.6 Å². The van der Waals surface area contributed by atoms with Gasteiger partial charge in [0.1, 0.15) is 11.5 Å². The first kappa shape index (κ1) is 23.0. The molecule has 1 aliphatic heterocycles. The predicted octanol–water partition coefficient (Wildman–Crippen LogP) is 10.1. The van der Waals surface area contributed by atoms with Crippen molar-refractivity contribution in [2.45, 2.75) is 19.3 Å². The summed E-state index contributed by atoms with van der Waals surface area (Å²) in [7, 11) is 0. The lowest BCUT2D eigenvalue weighted by molar-refractivity contribution is 0.436. The van der Waals surface area contributed by atoms with Crippen molar-refractivity contribution in [2.24, 2.45) is 0 Å². The van der Waals surface area contributed by atoms with Crippen molar-refractivity contribution < 1.29 is 4.74 Å². The van der Waals surface area contributed by atoms with Gasteiger partial charge in [-0.25, -0.2) is 0 Å². The third kappa shape index (κ3) is 3.21. The van der Waals surface area contributed by atoms with E-state index < -0.39 is 5.41 Å². The Morgan fingerprint density at radius 2 is 0.800 bits per heavy atom. The summed E-state index contributed by atoms with van der Waals surface area (Å²) in [6.07, 6.45) is 0. The molecule has 0 saturated carbocycles. The van der Waals surface area contributed by atoms with E-state index in [1.54, 1.807) is 0 Å². The molecule has 1 nitrogen and oxygen atoms in total. The Morgan fingerprint density at radius 1 is 0.400 bits per heavy atom. The summed E-state index contributed by atoms with van der Waals surface area (Å²) in [4.78, 5) is 0. The Bertz CT molecular complexity index is 1780. The number of hydrogen-bond acceptors (Lipinski definition) is 1. The third-order valence-electron chi connectivity index (χ3n) is 8.71. The average Bonchev–Trinajstić information content (AvgIpc) is 3.28. The highest BCUT2D eigenvalue weighted by molar-refractivity contribution is 5.91. The number of ether oxygens (including phenoxy) is 1. The van der Waals surface area contributed by atoms with Crippen LogP contribution in [0.5, 0.6) is 11.5 Å². The van der Waals surface area contributed by atoms with E-state index in [4.69, 9.17) is 4.74 Å². The molecule has 1 aliphatic carbocycles. The van der Waals surface area contributed by atoms with Crippen LogP contribution in [-0.2, 0) is 5.41 Å². The molecule has 0 radical (unpaired) electrons. The minimum atomic E-state index is -0.489. The highest BCUT2D eigenvalue weighted by atomic mass is 16.5. The van der Waals surface area contributed by atoms with Gasteiger partial charge < -0.3 is 4.74 Å². The van der Waals surface area contributed by atoms with Gasteiger partial charge in [-0.1, -0.05) is 120 Å². The fourth-order valence-electron chi connectivity index (χ4n) is 6.75. The molecule has 1 heteroatoms. The number of rotatable bonds is 2. The van der Waals surface area contributed by atoms with Crippen LogP contribution < -0.4 is 4.74 Å². The summed E-state index contributed by atoms with van der Waals surface area (Å²) in [5, 5.41) is 0. The normalized spacial score (nSPS) is 13.7. The molecule has 6 aromatic rings. The monoisotopic (exact) mass is 512 g/mol. The van der Waals surface area contributed by atoms with Crippen molar-refractivity contribution in [3.05, 3.63) is 167 Å². The van der Waals surface area contributed by atoms with E-state index in [1.807, 2.05) is 0 Å². The van der Waals surface area contributed by atoms with Crippen molar-refractivity contribution in [1.29, 1.82) is 0 Å². The number of benzene rings is 6. The summed E-state index contributed by atoms with van der Waals surface area (Å²) in [6.45, 7) is 4.28. The van der Waals surface area contributed by atoms with Gasteiger partial charge in [-0.15, -0.1) is 0 Å². The lowest BCUT2D eigenvalue weighted by atomic mass is 9.65. The maximum absolute atomic E-state index is 6.55. The molecule has 8 rings (SSSR count). The molecule has 0 bridgehead atoms. The number of aryl methyl sites for hydroxylation is 2. The van der Waals surface area contributed by atoms with Gasteiger partial charge in [0.2, 0.25) is 0 Å². The van der Waals surface area contributed by atoms with Crippen LogP contribution >= 0.6 is 0 Å². The SMILES string of the molecule is Cc1ccc(-c2ccc3c(c2)C2(c4ccccc4Oc4ccccc42)c2cc(-c4ccc(C)cc4)ccc2-3)cc1. The fraction of sp³-hybridized carbons (Fsp3) is 0.0769. The lowest BCUT2D eigenvalue weighted by Crippen LogP contribution is -2.32. The molecule has 0 atom stereocenters. The molecule has 0 unspecified atom stereocenters. The summed E-state index contributed by atoms with van der Waals surface area (Å²) >= 11 is 0. The van der Waals surface area contributed by atoms with E-state index >= 15 is 0 Å². The molecular formula is C39H28O. The Kier molecular flexibility index (Phi) is 4.93. The molecule has 0 fully saturated rings. The van der Waals surface area contributed by atoms with Gasteiger partial charge in [0.25, 0.3) is 0 Å². The fourth-order valence-corrected chi connectivity index (χ4v) is 6.75. The van der Waals surface area contributed by atoms with Crippen molar-refractivity contribution in [3.8, 4) is 44.9 Å². The zero-order valence-electron chi connectivity index (χ0n) is 22.6. The summed E-state index contributed by atoms with van der Waals surface area (Å²) < 4.78 is 6.55. The molecule has 0 saturated heterocycles. The average molecular weight is 513 g/mol. The molecule has 1 spiro atoms. The Labute approximate surface area is 235 Å². The van der Waals surface area contributed by atoms with E-state index in [-0.39, 0.29) is 0 Å². The smallest absolute Gasteiger partial charge is 0.132 e.